The summed E-state index contributed by atoms with van der Waals surface area (Å²) in [5.74, 6) is 0.0331. The molecule has 0 fully saturated rings. The maximum absolute atomic E-state index is 12.2. The summed E-state index contributed by atoms with van der Waals surface area (Å²) < 4.78 is 0. The summed E-state index contributed by atoms with van der Waals surface area (Å²) in [5.41, 5.74) is 2.96. The van der Waals surface area contributed by atoms with Gasteiger partial charge in [-0.05, 0) is 30.2 Å². The molecular weight excluding hydrogens is 242 g/mol. The van der Waals surface area contributed by atoms with Crippen LogP contribution in [0.3, 0.4) is 0 Å². The van der Waals surface area contributed by atoms with E-state index in [1.807, 2.05) is 18.2 Å². The highest BCUT2D eigenvalue weighted by Gasteiger charge is 2.17. The first-order valence-corrected chi connectivity index (χ1v) is 6.11. The number of rotatable bonds is 2. The largest absolute Gasteiger partial charge is 0.312 e. The minimum atomic E-state index is -0.188. The van der Waals surface area contributed by atoms with Crippen LogP contribution in [0.4, 0.5) is 5.95 Å². The molecule has 0 saturated heterocycles. The van der Waals surface area contributed by atoms with Crippen LogP contribution in [-0.4, -0.2) is 27.6 Å². The van der Waals surface area contributed by atoms with E-state index in [1.54, 1.807) is 0 Å². The molecule has 3 rings (SSSR count). The number of anilines is 1. The molecule has 0 saturated carbocycles. The number of benzene rings is 1. The highest BCUT2D eigenvalue weighted by atomic mass is 16.1. The SMILES string of the molecule is O=C(Nc1nccnn1)c1cccc2c1CCNC2. The number of amides is 1. The summed E-state index contributed by atoms with van der Waals surface area (Å²) in [7, 11) is 0. The lowest BCUT2D eigenvalue weighted by Crippen LogP contribution is -2.26. The molecule has 1 aromatic heterocycles. The molecule has 0 aliphatic carbocycles. The number of nitrogens with one attached hydrogen (secondary N) is 2. The molecule has 0 bridgehead atoms. The van der Waals surface area contributed by atoms with Gasteiger partial charge in [-0.15, -0.1) is 5.10 Å². The molecule has 1 amide bonds. The standard InChI is InChI=1S/C13H13N5O/c19-12(17-13-15-6-7-16-18-13)11-3-1-2-9-8-14-5-4-10(9)11/h1-3,6-7,14H,4-5,8H2,(H,15,17,18,19). The van der Waals surface area contributed by atoms with Gasteiger partial charge in [-0.2, -0.15) is 5.10 Å². The van der Waals surface area contributed by atoms with Crippen LogP contribution in [-0.2, 0) is 13.0 Å². The number of carbonyl (C=O) groups excluding carboxylic acids is 1. The molecule has 2 heterocycles. The molecule has 0 unspecified atom stereocenters. The second-order valence-electron chi connectivity index (χ2n) is 4.29. The fraction of sp³-hybridized carbons (Fsp3) is 0.231. The second-order valence-corrected chi connectivity index (χ2v) is 4.29. The van der Waals surface area contributed by atoms with Crippen LogP contribution >= 0.6 is 0 Å². The van der Waals surface area contributed by atoms with E-state index >= 15 is 0 Å². The molecule has 2 aromatic rings. The van der Waals surface area contributed by atoms with Crippen LogP contribution in [0.25, 0.3) is 0 Å². The van der Waals surface area contributed by atoms with E-state index in [1.165, 1.54) is 18.0 Å². The van der Waals surface area contributed by atoms with E-state index in [2.05, 4.69) is 25.8 Å². The lowest BCUT2D eigenvalue weighted by Gasteiger charge is -2.19. The van der Waals surface area contributed by atoms with Crippen molar-refractivity contribution in [1.29, 1.82) is 0 Å². The molecule has 19 heavy (non-hydrogen) atoms. The number of hydrogen-bond donors (Lipinski definition) is 2. The summed E-state index contributed by atoms with van der Waals surface area (Å²) in [6.45, 7) is 1.69. The second kappa shape index (κ2) is 5.11. The van der Waals surface area contributed by atoms with Crippen LogP contribution in [0.2, 0.25) is 0 Å². The van der Waals surface area contributed by atoms with Gasteiger partial charge in [-0.1, -0.05) is 12.1 Å². The summed E-state index contributed by atoms with van der Waals surface area (Å²) in [4.78, 5) is 16.2. The molecule has 1 aromatic carbocycles. The number of aromatic nitrogens is 3. The predicted octanol–water partition coefficient (Wildman–Crippen LogP) is 0.770. The third kappa shape index (κ3) is 2.43. The van der Waals surface area contributed by atoms with Gasteiger partial charge in [0, 0.05) is 12.1 Å². The third-order valence-corrected chi connectivity index (χ3v) is 3.09. The van der Waals surface area contributed by atoms with Crippen molar-refractivity contribution in [2.75, 3.05) is 11.9 Å². The molecule has 0 atom stereocenters. The van der Waals surface area contributed by atoms with E-state index < -0.39 is 0 Å². The first kappa shape index (κ1) is 11.7. The first-order valence-electron chi connectivity index (χ1n) is 6.11. The average Bonchev–Trinajstić information content (AvgIpc) is 2.47. The normalized spacial score (nSPS) is 13.7. The zero-order chi connectivity index (χ0) is 13.1. The van der Waals surface area contributed by atoms with Gasteiger partial charge >= 0.3 is 0 Å². The molecule has 1 aliphatic heterocycles. The fourth-order valence-corrected chi connectivity index (χ4v) is 2.22. The minimum Gasteiger partial charge on any atom is -0.312 e. The Hall–Kier alpha value is -2.34. The predicted molar refractivity (Wildman–Crippen MR) is 69.6 cm³/mol. The van der Waals surface area contributed by atoms with Gasteiger partial charge in [-0.25, -0.2) is 4.98 Å². The minimum absolute atomic E-state index is 0.188. The first-order chi connectivity index (χ1) is 9.34. The van der Waals surface area contributed by atoms with E-state index in [4.69, 9.17) is 0 Å². The maximum Gasteiger partial charge on any atom is 0.258 e. The quantitative estimate of drug-likeness (QED) is 0.828. The summed E-state index contributed by atoms with van der Waals surface area (Å²) in [5, 5.41) is 13.4. The molecule has 6 nitrogen and oxygen atoms in total. The van der Waals surface area contributed by atoms with Crippen molar-refractivity contribution in [1.82, 2.24) is 20.5 Å². The van der Waals surface area contributed by atoms with Gasteiger partial charge in [0.05, 0.1) is 12.4 Å². The zero-order valence-electron chi connectivity index (χ0n) is 10.3. The van der Waals surface area contributed by atoms with Crippen molar-refractivity contribution < 1.29 is 4.79 Å². The van der Waals surface area contributed by atoms with Crippen molar-refractivity contribution in [3.63, 3.8) is 0 Å². The third-order valence-electron chi connectivity index (χ3n) is 3.09. The van der Waals surface area contributed by atoms with Crippen molar-refractivity contribution in [2.45, 2.75) is 13.0 Å². The Morgan fingerprint density at radius 3 is 3.11 bits per heavy atom. The number of fused-ring (bicyclic) bond motifs is 1. The topological polar surface area (TPSA) is 79.8 Å². The van der Waals surface area contributed by atoms with E-state index in [-0.39, 0.29) is 11.9 Å². The van der Waals surface area contributed by atoms with Crippen LogP contribution < -0.4 is 10.6 Å². The van der Waals surface area contributed by atoms with Crippen molar-refractivity contribution >= 4 is 11.9 Å². The Morgan fingerprint density at radius 1 is 1.32 bits per heavy atom. The zero-order valence-corrected chi connectivity index (χ0v) is 10.3. The summed E-state index contributed by atoms with van der Waals surface area (Å²) in [6, 6.07) is 5.76. The molecule has 96 valence electrons. The summed E-state index contributed by atoms with van der Waals surface area (Å²) in [6.07, 6.45) is 3.81. The van der Waals surface area contributed by atoms with Crippen LogP contribution in [0.1, 0.15) is 21.5 Å². The van der Waals surface area contributed by atoms with Crippen molar-refractivity contribution in [3.05, 3.63) is 47.3 Å². The van der Waals surface area contributed by atoms with Crippen LogP contribution in [0, 0.1) is 0 Å². The molecule has 2 N–H and O–H groups in total. The van der Waals surface area contributed by atoms with Gasteiger partial charge in [-0.3, -0.25) is 10.1 Å². The monoisotopic (exact) mass is 255 g/mol. The van der Waals surface area contributed by atoms with Gasteiger partial charge in [0.2, 0.25) is 5.95 Å². The summed E-state index contributed by atoms with van der Waals surface area (Å²) >= 11 is 0. The fourth-order valence-electron chi connectivity index (χ4n) is 2.22. The van der Waals surface area contributed by atoms with Crippen molar-refractivity contribution in [2.24, 2.45) is 0 Å². The van der Waals surface area contributed by atoms with Crippen molar-refractivity contribution in [3.8, 4) is 0 Å². The smallest absolute Gasteiger partial charge is 0.258 e. The van der Waals surface area contributed by atoms with E-state index in [0.29, 0.717) is 5.56 Å². The maximum atomic E-state index is 12.2. The van der Waals surface area contributed by atoms with Gasteiger partial charge in [0.15, 0.2) is 0 Å². The van der Waals surface area contributed by atoms with E-state index in [9.17, 15) is 4.79 Å². The van der Waals surface area contributed by atoms with Gasteiger partial charge in [0.25, 0.3) is 5.91 Å². The van der Waals surface area contributed by atoms with E-state index in [0.717, 1.165) is 25.1 Å². The molecule has 6 heteroatoms. The van der Waals surface area contributed by atoms with Gasteiger partial charge < -0.3 is 5.32 Å². The molecule has 0 radical (unpaired) electrons. The lowest BCUT2D eigenvalue weighted by atomic mass is 9.95. The molecule has 1 aliphatic rings. The molecular formula is C13H13N5O. The number of nitrogens with zero attached hydrogens (tertiary/aromatic N) is 3. The average molecular weight is 255 g/mol. The number of carbonyl (C=O) groups is 1. The Bertz CT molecular complexity index is 599. The highest BCUT2D eigenvalue weighted by Crippen LogP contribution is 2.19. The van der Waals surface area contributed by atoms with Gasteiger partial charge in [0.1, 0.15) is 0 Å². The lowest BCUT2D eigenvalue weighted by molar-refractivity contribution is 0.102. The highest BCUT2D eigenvalue weighted by molar-refractivity contribution is 6.04. The Morgan fingerprint density at radius 2 is 2.26 bits per heavy atom. The Kier molecular flexibility index (Phi) is 3.16. The number of hydrogen-bond acceptors (Lipinski definition) is 5. The Labute approximate surface area is 110 Å². The Balaban J connectivity index is 1.88. The molecule has 0 spiro atoms. The van der Waals surface area contributed by atoms with Crippen LogP contribution in [0.15, 0.2) is 30.6 Å². The van der Waals surface area contributed by atoms with Crippen LogP contribution in [0.5, 0.6) is 0 Å².